The van der Waals surface area contributed by atoms with Crippen LogP contribution in [-0.2, 0) is 6.54 Å². The standard InChI is InChI=1S/C17H20ClN3O/c1-16(10-21-12-19-11-20-21)14(7-8-17(16,2)22)9-13-3-5-15(18)6-4-13/h3-6,9,11-12,22H,7-8,10H2,1-2H3/b14-9+. The van der Waals surface area contributed by atoms with Gasteiger partial charge in [-0.15, -0.1) is 0 Å². The summed E-state index contributed by atoms with van der Waals surface area (Å²) in [7, 11) is 0. The van der Waals surface area contributed by atoms with Crippen LogP contribution < -0.4 is 0 Å². The SMILES string of the molecule is CC1(O)CC/C(=C\c2ccc(Cl)cc2)C1(C)Cn1cncn1. The third-order valence-electron chi connectivity index (χ3n) is 4.93. The lowest BCUT2D eigenvalue weighted by Crippen LogP contribution is -2.43. The molecule has 3 rings (SSSR count). The predicted octanol–water partition coefficient (Wildman–Crippen LogP) is 3.57. The largest absolute Gasteiger partial charge is 0.389 e. The molecule has 0 amide bonds. The monoisotopic (exact) mass is 317 g/mol. The number of benzene rings is 1. The number of hydrogen-bond donors (Lipinski definition) is 1. The first kappa shape index (κ1) is 15.3. The lowest BCUT2D eigenvalue weighted by molar-refractivity contribution is -0.0315. The second-order valence-corrected chi connectivity index (χ2v) is 6.86. The van der Waals surface area contributed by atoms with E-state index in [0.717, 1.165) is 23.4 Å². The number of hydrogen-bond acceptors (Lipinski definition) is 3. The summed E-state index contributed by atoms with van der Waals surface area (Å²) >= 11 is 5.95. The molecular weight excluding hydrogens is 298 g/mol. The van der Waals surface area contributed by atoms with Gasteiger partial charge in [0.2, 0.25) is 0 Å². The van der Waals surface area contributed by atoms with Crippen LogP contribution in [0.15, 0.2) is 42.5 Å². The van der Waals surface area contributed by atoms with Crippen LogP contribution in [-0.4, -0.2) is 25.5 Å². The summed E-state index contributed by atoms with van der Waals surface area (Å²) in [5.41, 5.74) is 1.19. The molecule has 2 atom stereocenters. The minimum absolute atomic E-state index is 0.375. The molecule has 2 unspecified atom stereocenters. The smallest absolute Gasteiger partial charge is 0.137 e. The van der Waals surface area contributed by atoms with Gasteiger partial charge in [-0.05, 0) is 37.5 Å². The van der Waals surface area contributed by atoms with Crippen molar-refractivity contribution in [3.63, 3.8) is 0 Å². The lowest BCUT2D eigenvalue weighted by Gasteiger charge is -2.37. The maximum absolute atomic E-state index is 10.9. The van der Waals surface area contributed by atoms with Crippen LogP contribution in [0.2, 0.25) is 5.02 Å². The first-order valence-electron chi connectivity index (χ1n) is 7.42. The molecule has 0 spiro atoms. The van der Waals surface area contributed by atoms with Crippen LogP contribution in [0.5, 0.6) is 0 Å². The zero-order valence-electron chi connectivity index (χ0n) is 12.8. The Hall–Kier alpha value is -1.65. The molecule has 5 heteroatoms. The molecule has 4 nitrogen and oxygen atoms in total. The van der Waals surface area contributed by atoms with Crippen molar-refractivity contribution in [2.75, 3.05) is 0 Å². The van der Waals surface area contributed by atoms with Crippen LogP contribution in [0.25, 0.3) is 6.08 Å². The second-order valence-electron chi connectivity index (χ2n) is 6.42. The van der Waals surface area contributed by atoms with Crippen LogP contribution in [0, 0.1) is 5.41 Å². The van der Waals surface area contributed by atoms with Gasteiger partial charge in [0.05, 0.1) is 12.1 Å². The first-order valence-corrected chi connectivity index (χ1v) is 7.80. The Kier molecular flexibility index (Phi) is 3.83. The molecule has 116 valence electrons. The molecule has 1 aliphatic rings. The Morgan fingerprint density at radius 2 is 2.05 bits per heavy atom. The molecule has 0 aliphatic heterocycles. The molecule has 1 aromatic heterocycles. The van der Waals surface area contributed by atoms with Gasteiger partial charge in [-0.3, -0.25) is 4.68 Å². The third-order valence-corrected chi connectivity index (χ3v) is 5.19. The molecule has 2 aromatic rings. The Labute approximate surface area is 135 Å². The Balaban J connectivity index is 1.97. The zero-order chi connectivity index (χ0) is 15.8. The van der Waals surface area contributed by atoms with E-state index in [9.17, 15) is 5.11 Å². The Bertz CT molecular complexity index is 676. The van der Waals surface area contributed by atoms with E-state index in [4.69, 9.17) is 11.6 Å². The summed E-state index contributed by atoms with van der Waals surface area (Å²) in [5, 5.41) is 15.8. The normalized spacial score (nSPS) is 30.1. The molecule has 1 aromatic carbocycles. The van der Waals surface area contributed by atoms with Crippen LogP contribution in [0.4, 0.5) is 0 Å². The highest BCUT2D eigenvalue weighted by Crippen LogP contribution is 2.51. The maximum Gasteiger partial charge on any atom is 0.137 e. The maximum atomic E-state index is 10.9. The van der Waals surface area contributed by atoms with Crippen molar-refractivity contribution >= 4 is 17.7 Å². The van der Waals surface area contributed by atoms with Crippen molar-refractivity contribution in [2.45, 2.75) is 38.8 Å². The topological polar surface area (TPSA) is 50.9 Å². The molecule has 0 saturated heterocycles. The second kappa shape index (κ2) is 5.52. The van der Waals surface area contributed by atoms with E-state index in [2.05, 4.69) is 23.1 Å². The molecule has 0 bridgehead atoms. The Morgan fingerprint density at radius 1 is 1.32 bits per heavy atom. The van der Waals surface area contributed by atoms with Gasteiger partial charge in [-0.2, -0.15) is 5.10 Å². The van der Waals surface area contributed by atoms with E-state index in [1.807, 2.05) is 31.2 Å². The number of rotatable bonds is 3. The van der Waals surface area contributed by atoms with Crippen molar-refractivity contribution in [3.05, 3.63) is 53.1 Å². The van der Waals surface area contributed by atoms with E-state index in [1.165, 1.54) is 11.9 Å². The van der Waals surface area contributed by atoms with E-state index in [0.29, 0.717) is 6.54 Å². The molecule has 1 fully saturated rings. The van der Waals surface area contributed by atoms with Crippen molar-refractivity contribution in [1.82, 2.24) is 14.8 Å². The molecule has 1 N–H and O–H groups in total. The Morgan fingerprint density at radius 3 is 2.68 bits per heavy atom. The van der Waals surface area contributed by atoms with Crippen LogP contribution in [0.3, 0.4) is 0 Å². The highest BCUT2D eigenvalue weighted by molar-refractivity contribution is 6.30. The molecular formula is C17H20ClN3O. The molecule has 22 heavy (non-hydrogen) atoms. The van der Waals surface area contributed by atoms with Gasteiger partial charge >= 0.3 is 0 Å². The summed E-state index contributed by atoms with van der Waals surface area (Å²) in [4.78, 5) is 4.00. The number of halogens is 1. The van der Waals surface area contributed by atoms with E-state index in [-0.39, 0.29) is 5.41 Å². The van der Waals surface area contributed by atoms with Gasteiger partial charge in [0, 0.05) is 10.4 Å². The molecule has 1 heterocycles. The molecule has 0 radical (unpaired) electrons. The first-order chi connectivity index (χ1) is 10.4. The van der Waals surface area contributed by atoms with Gasteiger partial charge in [-0.25, -0.2) is 4.98 Å². The van der Waals surface area contributed by atoms with Gasteiger partial charge in [-0.1, -0.05) is 42.3 Å². The minimum atomic E-state index is -0.767. The number of aliphatic hydroxyl groups is 1. The zero-order valence-corrected chi connectivity index (χ0v) is 13.6. The highest BCUT2D eigenvalue weighted by Gasteiger charge is 2.50. The van der Waals surface area contributed by atoms with Crippen molar-refractivity contribution in [1.29, 1.82) is 0 Å². The molecule has 1 saturated carbocycles. The van der Waals surface area contributed by atoms with E-state index < -0.39 is 5.60 Å². The fourth-order valence-corrected chi connectivity index (χ4v) is 3.30. The highest BCUT2D eigenvalue weighted by atomic mass is 35.5. The summed E-state index contributed by atoms with van der Waals surface area (Å²) < 4.78 is 1.79. The predicted molar refractivity (Wildman–Crippen MR) is 87.4 cm³/mol. The summed E-state index contributed by atoms with van der Waals surface area (Å²) in [6.45, 7) is 4.62. The van der Waals surface area contributed by atoms with Crippen LogP contribution >= 0.6 is 11.6 Å². The minimum Gasteiger partial charge on any atom is -0.389 e. The summed E-state index contributed by atoms with van der Waals surface area (Å²) in [6.07, 6.45) is 7.00. The lowest BCUT2D eigenvalue weighted by atomic mass is 9.74. The average molecular weight is 318 g/mol. The summed E-state index contributed by atoms with van der Waals surface area (Å²) in [6, 6.07) is 7.77. The van der Waals surface area contributed by atoms with Gasteiger partial charge in [0.25, 0.3) is 0 Å². The quantitative estimate of drug-likeness (QED) is 0.941. The number of nitrogens with zero attached hydrogens (tertiary/aromatic N) is 3. The van der Waals surface area contributed by atoms with Gasteiger partial charge < -0.3 is 5.11 Å². The fraction of sp³-hybridized carbons (Fsp3) is 0.412. The van der Waals surface area contributed by atoms with Gasteiger partial charge in [0.1, 0.15) is 12.7 Å². The van der Waals surface area contributed by atoms with Crippen LogP contribution in [0.1, 0.15) is 32.3 Å². The average Bonchev–Trinajstić information content (AvgIpc) is 3.04. The van der Waals surface area contributed by atoms with E-state index in [1.54, 1.807) is 11.0 Å². The number of aromatic nitrogens is 3. The molecule has 1 aliphatic carbocycles. The van der Waals surface area contributed by atoms with E-state index >= 15 is 0 Å². The fourth-order valence-electron chi connectivity index (χ4n) is 3.18. The summed E-state index contributed by atoms with van der Waals surface area (Å²) in [5.74, 6) is 0. The van der Waals surface area contributed by atoms with Crippen molar-refractivity contribution in [3.8, 4) is 0 Å². The van der Waals surface area contributed by atoms with Crippen molar-refractivity contribution in [2.24, 2.45) is 5.41 Å². The van der Waals surface area contributed by atoms with Crippen molar-refractivity contribution < 1.29 is 5.11 Å². The van der Waals surface area contributed by atoms with Gasteiger partial charge in [0.15, 0.2) is 0 Å². The third kappa shape index (κ3) is 2.69.